The highest BCUT2D eigenvalue weighted by atomic mass is 15.3. The predicted octanol–water partition coefficient (Wildman–Crippen LogP) is 2.63. The van der Waals surface area contributed by atoms with Gasteiger partial charge in [0.2, 0.25) is 0 Å². The number of benzene rings is 1. The number of nitrogens with zero attached hydrogens (tertiary/aromatic N) is 2. The number of likely N-dealkylation sites (N-methyl/N-ethyl adjacent to an activating group) is 1. The molecule has 1 aliphatic rings. The number of nitrogens with one attached hydrogen (secondary N) is 1. The third kappa shape index (κ3) is 3.74. The van der Waals surface area contributed by atoms with Crippen molar-refractivity contribution in [1.29, 1.82) is 0 Å². The Bertz CT molecular complexity index is 442. The molecule has 1 fully saturated rings. The van der Waals surface area contributed by atoms with E-state index in [1.807, 2.05) is 0 Å². The van der Waals surface area contributed by atoms with Crippen molar-refractivity contribution in [3.8, 4) is 0 Å². The molecule has 20 heavy (non-hydrogen) atoms. The number of anilines is 1. The molecule has 2 rings (SSSR count). The Morgan fingerprint density at radius 3 is 2.65 bits per heavy atom. The lowest BCUT2D eigenvalue weighted by atomic mass is 10.1. The second-order valence-electron chi connectivity index (χ2n) is 6.46. The molecule has 0 saturated carbocycles. The van der Waals surface area contributed by atoms with Gasteiger partial charge in [-0.05, 0) is 38.1 Å². The normalized spacial score (nSPS) is 20.7. The molecular formula is C17H29N3. The zero-order valence-electron chi connectivity index (χ0n) is 13.6. The maximum absolute atomic E-state index is 3.48. The van der Waals surface area contributed by atoms with Crippen LogP contribution in [0.5, 0.6) is 0 Å². The van der Waals surface area contributed by atoms with E-state index in [0.29, 0.717) is 12.1 Å². The third-order valence-corrected chi connectivity index (χ3v) is 4.12. The standard InChI is InChI=1S/C17H29N3/c1-13(2)18-11-16-6-7-17(14(3)10-16)20-9-8-19(5)12-15(20)4/h6-7,10,13,15,18H,8-9,11-12H2,1-5H3. The van der Waals surface area contributed by atoms with Gasteiger partial charge < -0.3 is 15.1 Å². The molecule has 1 N–H and O–H groups in total. The first kappa shape index (κ1) is 15.3. The van der Waals surface area contributed by atoms with Crippen LogP contribution in [0.15, 0.2) is 18.2 Å². The van der Waals surface area contributed by atoms with Gasteiger partial charge in [-0.15, -0.1) is 0 Å². The highest BCUT2D eigenvalue weighted by molar-refractivity contribution is 5.55. The highest BCUT2D eigenvalue weighted by Gasteiger charge is 2.22. The van der Waals surface area contributed by atoms with Crippen molar-refractivity contribution in [1.82, 2.24) is 10.2 Å². The van der Waals surface area contributed by atoms with Crippen molar-refractivity contribution < 1.29 is 0 Å². The molecule has 1 aromatic carbocycles. The van der Waals surface area contributed by atoms with Crippen molar-refractivity contribution in [2.24, 2.45) is 0 Å². The van der Waals surface area contributed by atoms with E-state index < -0.39 is 0 Å². The molecule has 3 heteroatoms. The second-order valence-corrected chi connectivity index (χ2v) is 6.46. The first-order valence-electron chi connectivity index (χ1n) is 7.75. The Balaban J connectivity index is 2.09. The largest absolute Gasteiger partial charge is 0.366 e. The van der Waals surface area contributed by atoms with Gasteiger partial charge in [-0.2, -0.15) is 0 Å². The molecule has 1 aliphatic heterocycles. The number of hydrogen-bond donors (Lipinski definition) is 1. The summed E-state index contributed by atoms with van der Waals surface area (Å²) in [5, 5.41) is 3.48. The van der Waals surface area contributed by atoms with Gasteiger partial charge in [-0.1, -0.05) is 26.0 Å². The monoisotopic (exact) mass is 275 g/mol. The molecule has 1 unspecified atom stereocenters. The van der Waals surface area contributed by atoms with Crippen LogP contribution < -0.4 is 10.2 Å². The van der Waals surface area contributed by atoms with Crippen molar-refractivity contribution >= 4 is 5.69 Å². The van der Waals surface area contributed by atoms with Crippen molar-refractivity contribution in [3.05, 3.63) is 29.3 Å². The van der Waals surface area contributed by atoms with Crippen molar-refractivity contribution in [2.75, 3.05) is 31.6 Å². The van der Waals surface area contributed by atoms with E-state index in [9.17, 15) is 0 Å². The molecule has 0 aliphatic carbocycles. The van der Waals surface area contributed by atoms with E-state index in [-0.39, 0.29) is 0 Å². The van der Waals surface area contributed by atoms with E-state index in [2.05, 4.69) is 68.1 Å². The van der Waals surface area contributed by atoms with E-state index >= 15 is 0 Å². The lowest BCUT2D eigenvalue weighted by Crippen LogP contribution is -2.50. The Kier molecular flexibility index (Phi) is 5.06. The second kappa shape index (κ2) is 6.59. The average Bonchev–Trinajstić information content (AvgIpc) is 2.37. The summed E-state index contributed by atoms with van der Waals surface area (Å²) in [6.07, 6.45) is 0. The summed E-state index contributed by atoms with van der Waals surface area (Å²) in [5.74, 6) is 0. The SMILES string of the molecule is Cc1cc(CNC(C)C)ccc1N1CCN(C)CC1C. The molecule has 1 heterocycles. The lowest BCUT2D eigenvalue weighted by Gasteiger charge is -2.40. The molecule has 0 radical (unpaired) electrons. The Hall–Kier alpha value is -1.06. The van der Waals surface area contributed by atoms with Crippen LogP contribution in [0, 0.1) is 6.92 Å². The van der Waals surface area contributed by atoms with Crippen LogP contribution in [-0.4, -0.2) is 43.7 Å². The Labute approximate surface area is 124 Å². The Morgan fingerprint density at radius 1 is 1.30 bits per heavy atom. The predicted molar refractivity (Wildman–Crippen MR) is 87.5 cm³/mol. The number of hydrogen-bond acceptors (Lipinski definition) is 3. The molecule has 3 nitrogen and oxygen atoms in total. The molecule has 1 aromatic rings. The van der Waals surface area contributed by atoms with Crippen LogP contribution in [-0.2, 0) is 6.54 Å². The molecular weight excluding hydrogens is 246 g/mol. The van der Waals surface area contributed by atoms with Gasteiger partial charge in [0.1, 0.15) is 0 Å². The Morgan fingerprint density at radius 2 is 2.05 bits per heavy atom. The maximum Gasteiger partial charge on any atom is 0.0399 e. The number of aryl methyl sites for hydroxylation is 1. The zero-order valence-corrected chi connectivity index (χ0v) is 13.6. The van der Waals surface area contributed by atoms with Gasteiger partial charge in [0, 0.05) is 44.0 Å². The highest BCUT2D eigenvalue weighted by Crippen LogP contribution is 2.25. The fraction of sp³-hybridized carbons (Fsp3) is 0.647. The van der Waals surface area contributed by atoms with Crippen LogP contribution >= 0.6 is 0 Å². The molecule has 1 saturated heterocycles. The fourth-order valence-corrected chi connectivity index (χ4v) is 2.97. The number of piperazine rings is 1. The van der Waals surface area contributed by atoms with Crippen molar-refractivity contribution in [2.45, 2.75) is 46.3 Å². The van der Waals surface area contributed by atoms with E-state index in [1.165, 1.54) is 16.8 Å². The average molecular weight is 275 g/mol. The van der Waals surface area contributed by atoms with Crippen LogP contribution in [0.2, 0.25) is 0 Å². The zero-order chi connectivity index (χ0) is 14.7. The molecule has 0 amide bonds. The third-order valence-electron chi connectivity index (χ3n) is 4.12. The van der Waals surface area contributed by atoms with Gasteiger partial charge >= 0.3 is 0 Å². The topological polar surface area (TPSA) is 18.5 Å². The quantitative estimate of drug-likeness (QED) is 0.911. The van der Waals surface area contributed by atoms with Gasteiger partial charge in [-0.3, -0.25) is 0 Å². The summed E-state index contributed by atoms with van der Waals surface area (Å²) in [6, 6.07) is 8.02. The lowest BCUT2D eigenvalue weighted by molar-refractivity contribution is 0.275. The van der Waals surface area contributed by atoms with E-state index in [0.717, 1.165) is 26.2 Å². The van der Waals surface area contributed by atoms with Crippen molar-refractivity contribution in [3.63, 3.8) is 0 Å². The molecule has 1 atom stereocenters. The summed E-state index contributed by atoms with van der Waals surface area (Å²) >= 11 is 0. The first-order valence-corrected chi connectivity index (χ1v) is 7.75. The minimum absolute atomic E-state index is 0.535. The first-order chi connectivity index (χ1) is 9.47. The van der Waals surface area contributed by atoms with Crippen LogP contribution in [0.4, 0.5) is 5.69 Å². The smallest absolute Gasteiger partial charge is 0.0399 e. The van der Waals surface area contributed by atoms with Crippen LogP contribution in [0.25, 0.3) is 0 Å². The van der Waals surface area contributed by atoms with Gasteiger partial charge in [-0.25, -0.2) is 0 Å². The minimum Gasteiger partial charge on any atom is -0.366 e. The molecule has 112 valence electrons. The summed E-state index contributed by atoms with van der Waals surface area (Å²) in [6.45, 7) is 13.3. The maximum atomic E-state index is 3.48. The van der Waals surface area contributed by atoms with Gasteiger partial charge in [0.25, 0.3) is 0 Å². The molecule has 0 spiro atoms. The van der Waals surface area contributed by atoms with Crippen LogP contribution in [0.3, 0.4) is 0 Å². The van der Waals surface area contributed by atoms with E-state index in [1.54, 1.807) is 0 Å². The number of rotatable bonds is 4. The summed E-state index contributed by atoms with van der Waals surface area (Å²) < 4.78 is 0. The van der Waals surface area contributed by atoms with Crippen LogP contribution in [0.1, 0.15) is 31.9 Å². The fourth-order valence-electron chi connectivity index (χ4n) is 2.97. The summed E-state index contributed by atoms with van der Waals surface area (Å²) in [7, 11) is 2.21. The van der Waals surface area contributed by atoms with Gasteiger partial charge in [0.05, 0.1) is 0 Å². The van der Waals surface area contributed by atoms with E-state index in [4.69, 9.17) is 0 Å². The summed E-state index contributed by atoms with van der Waals surface area (Å²) in [4.78, 5) is 4.96. The molecule has 0 bridgehead atoms. The molecule has 0 aromatic heterocycles. The minimum atomic E-state index is 0.535. The van der Waals surface area contributed by atoms with Gasteiger partial charge in [0.15, 0.2) is 0 Å². The summed E-state index contributed by atoms with van der Waals surface area (Å²) in [5.41, 5.74) is 4.17.